The average molecular weight is 343 g/mol. The van der Waals surface area contributed by atoms with E-state index in [0.29, 0.717) is 0 Å². The van der Waals surface area contributed by atoms with Gasteiger partial charge in [0, 0.05) is 6.54 Å². The van der Waals surface area contributed by atoms with Gasteiger partial charge in [0.25, 0.3) is 0 Å². The number of aliphatic hydroxyl groups excluding tert-OH is 1. The molecule has 112 valence electrons. The molecule has 1 aromatic heterocycles. The van der Waals surface area contributed by atoms with Gasteiger partial charge in [-0.25, -0.2) is 0 Å². The minimum atomic E-state index is -0.817. The molecule has 1 aliphatic carbocycles. The highest BCUT2D eigenvalue weighted by Crippen LogP contribution is 2.28. The Hall–Kier alpha value is -0.680. The highest BCUT2D eigenvalue weighted by molar-refractivity contribution is 9.10. The zero-order valence-corrected chi connectivity index (χ0v) is 13.8. The van der Waals surface area contributed by atoms with E-state index in [2.05, 4.69) is 21.0 Å². The normalized spacial score (nSPS) is 18.2. The molecule has 0 amide bonds. The van der Waals surface area contributed by atoms with Crippen molar-refractivity contribution in [2.24, 2.45) is 5.92 Å². The second kappa shape index (κ2) is 6.85. The van der Waals surface area contributed by atoms with Gasteiger partial charge in [-0.15, -0.1) is 0 Å². The van der Waals surface area contributed by atoms with Crippen molar-refractivity contribution in [3.8, 4) is 0 Å². The monoisotopic (exact) mass is 342 g/mol. The average Bonchev–Trinajstić information content (AvgIpc) is 2.75. The molecule has 2 rings (SSSR count). The highest BCUT2D eigenvalue weighted by atomic mass is 79.9. The van der Waals surface area contributed by atoms with Gasteiger partial charge in [-0.2, -0.15) is 5.10 Å². The van der Waals surface area contributed by atoms with Crippen molar-refractivity contribution in [3.63, 3.8) is 0 Å². The Kier molecular flexibility index (Phi) is 5.38. The van der Waals surface area contributed by atoms with Gasteiger partial charge >= 0.3 is 0 Å². The number of Topliss-reactive ketones (excluding diaryl/α,β-unsaturated/α-hetero) is 1. The Balaban J connectivity index is 2.07. The molecule has 0 radical (unpaired) electrons. The minimum Gasteiger partial charge on any atom is -0.385 e. The molecule has 1 fully saturated rings. The fraction of sp³-hybridized carbons (Fsp3) is 0.733. The van der Waals surface area contributed by atoms with E-state index in [9.17, 15) is 9.90 Å². The number of ketones is 1. The number of nitrogens with zero attached hydrogens (tertiary/aromatic N) is 2. The summed E-state index contributed by atoms with van der Waals surface area (Å²) in [5.41, 5.74) is 1.77. The van der Waals surface area contributed by atoms with Gasteiger partial charge in [0.15, 0.2) is 5.78 Å². The van der Waals surface area contributed by atoms with Gasteiger partial charge in [-0.3, -0.25) is 9.48 Å². The van der Waals surface area contributed by atoms with Crippen molar-refractivity contribution in [1.29, 1.82) is 0 Å². The van der Waals surface area contributed by atoms with Gasteiger partial charge in [0.05, 0.1) is 22.3 Å². The van der Waals surface area contributed by atoms with Crippen LogP contribution in [0.1, 0.15) is 50.4 Å². The predicted octanol–water partition coefficient (Wildman–Crippen LogP) is 3.03. The lowest BCUT2D eigenvalue weighted by atomic mass is 9.83. The van der Waals surface area contributed by atoms with Crippen LogP contribution in [0.5, 0.6) is 0 Å². The van der Waals surface area contributed by atoms with Crippen molar-refractivity contribution in [2.75, 3.05) is 0 Å². The topological polar surface area (TPSA) is 55.1 Å². The summed E-state index contributed by atoms with van der Waals surface area (Å²) in [5, 5.41) is 14.7. The summed E-state index contributed by atoms with van der Waals surface area (Å²) in [6, 6.07) is 0. The zero-order valence-electron chi connectivity index (χ0n) is 12.2. The number of carbonyl (C=O) groups is 1. The van der Waals surface area contributed by atoms with Crippen LogP contribution in [0.2, 0.25) is 0 Å². The van der Waals surface area contributed by atoms with Gasteiger partial charge in [0.2, 0.25) is 0 Å². The quantitative estimate of drug-likeness (QED) is 0.894. The molecule has 1 saturated carbocycles. The van der Waals surface area contributed by atoms with Crippen LogP contribution in [0.15, 0.2) is 4.47 Å². The van der Waals surface area contributed by atoms with Gasteiger partial charge < -0.3 is 5.11 Å². The van der Waals surface area contributed by atoms with Crippen molar-refractivity contribution in [3.05, 3.63) is 15.9 Å². The summed E-state index contributed by atoms with van der Waals surface area (Å²) in [7, 11) is 0. The van der Waals surface area contributed by atoms with Crippen LogP contribution in [-0.2, 0) is 17.8 Å². The molecular weight excluding hydrogens is 320 g/mol. The van der Waals surface area contributed by atoms with Crippen molar-refractivity contribution in [2.45, 2.75) is 65.0 Å². The Bertz CT molecular complexity index is 478. The molecule has 1 aliphatic rings. The summed E-state index contributed by atoms with van der Waals surface area (Å²) >= 11 is 3.50. The molecular formula is C15H23BrN2O2. The first-order valence-electron chi connectivity index (χ1n) is 7.47. The SMILES string of the molecule is CCn1nc(C)c(Br)c1CC(=O)C(O)C1CCCCC1. The Morgan fingerprint density at radius 2 is 2.10 bits per heavy atom. The number of aliphatic hydroxyl groups is 1. The van der Waals surface area contributed by atoms with Crippen molar-refractivity contribution in [1.82, 2.24) is 9.78 Å². The number of carbonyl (C=O) groups excluding carboxylic acids is 1. The molecule has 20 heavy (non-hydrogen) atoms. The number of halogens is 1. The van der Waals surface area contributed by atoms with E-state index in [1.54, 1.807) is 0 Å². The Morgan fingerprint density at radius 1 is 1.45 bits per heavy atom. The van der Waals surface area contributed by atoms with Gasteiger partial charge in [0.1, 0.15) is 6.10 Å². The fourth-order valence-electron chi connectivity index (χ4n) is 3.02. The van der Waals surface area contributed by atoms with Crippen LogP contribution in [0.4, 0.5) is 0 Å². The molecule has 0 spiro atoms. The molecule has 1 heterocycles. The number of hydrogen-bond acceptors (Lipinski definition) is 3. The zero-order chi connectivity index (χ0) is 14.7. The first kappa shape index (κ1) is 15.7. The molecule has 1 unspecified atom stereocenters. The predicted molar refractivity (Wildman–Crippen MR) is 81.6 cm³/mol. The maximum atomic E-state index is 12.3. The second-order valence-corrected chi connectivity index (χ2v) is 6.44. The first-order chi connectivity index (χ1) is 9.54. The summed E-state index contributed by atoms with van der Waals surface area (Å²) in [4.78, 5) is 12.3. The molecule has 1 atom stereocenters. The number of aromatic nitrogens is 2. The standard InChI is InChI=1S/C15H23BrN2O2/c1-3-18-12(14(16)10(2)17-18)9-13(19)15(20)11-7-5-4-6-8-11/h11,15,20H,3-9H2,1-2H3. The second-order valence-electron chi connectivity index (χ2n) is 5.65. The Labute approximate surface area is 128 Å². The van der Waals surface area contributed by atoms with Gasteiger partial charge in [-0.1, -0.05) is 19.3 Å². The maximum Gasteiger partial charge on any atom is 0.167 e. The van der Waals surface area contributed by atoms with Crippen LogP contribution < -0.4 is 0 Å². The molecule has 0 saturated heterocycles. The summed E-state index contributed by atoms with van der Waals surface area (Å²) in [5.74, 6) is 0.0707. The number of rotatable bonds is 5. The van der Waals surface area contributed by atoms with Crippen LogP contribution in [0, 0.1) is 12.8 Å². The van der Waals surface area contributed by atoms with Crippen molar-refractivity contribution >= 4 is 21.7 Å². The minimum absolute atomic E-state index is 0.0767. The van der Waals surface area contributed by atoms with E-state index in [4.69, 9.17) is 0 Å². The molecule has 1 aromatic rings. The van der Waals surface area contributed by atoms with Crippen LogP contribution in [0.3, 0.4) is 0 Å². The molecule has 5 heteroatoms. The largest absolute Gasteiger partial charge is 0.385 e. The van der Waals surface area contributed by atoms with Crippen LogP contribution in [0.25, 0.3) is 0 Å². The fourth-order valence-corrected chi connectivity index (χ4v) is 3.44. The highest BCUT2D eigenvalue weighted by Gasteiger charge is 2.28. The van der Waals surface area contributed by atoms with E-state index in [0.717, 1.165) is 48.1 Å². The van der Waals surface area contributed by atoms with Gasteiger partial charge in [-0.05, 0) is 48.5 Å². The number of hydrogen-bond donors (Lipinski definition) is 1. The number of aryl methyl sites for hydroxylation is 2. The van der Waals surface area contributed by atoms with Crippen LogP contribution >= 0.6 is 15.9 Å². The molecule has 4 nitrogen and oxygen atoms in total. The smallest absolute Gasteiger partial charge is 0.167 e. The summed E-state index contributed by atoms with van der Waals surface area (Å²) in [6.07, 6.45) is 4.87. The van der Waals surface area contributed by atoms with Crippen molar-refractivity contribution < 1.29 is 9.90 Å². The van der Waals surface area contributed by atoms with E-state index < -0.39 is 6.10 Å². The molecule has 0 aromatic carbocycles. The summed E-state index contributed by atoms with van der Waals surface area (Å²) < 4.78 is 2.73. The maximum absolute atomic E-state index is 12.3. The van der Waals surface area contributed by atoms with E-state index >= 15 is 0 Å². The lowest BCUT2D eigenvalue weighted by molar-refractivity contribution is -0.129. The third-order valence-corrected chi connectivity index (χ3v) is 5.25. The first-order valence-corrected chi connectivity index (χ1v) is 8.26. The van der Waals surface area contributed by atoms with E-state index in [1.807, 2.05) is 18.5 Å². The molecule has 1 N–H and O–H groups in total. The Morgan fingerprint density at radius 3 is 2.70 bits per heavy atom. The van der Waals surface area contributed by atoms with Crippen LogP contribution in [-0.4, -0.2) is 26.8 Å². The lowest BCUT2D eigenvalue weighted by Crippen LogP contribution is -2.32. The molecule has 0 bridgehead atoms. The lowest BCUT2D eigenvalue weighted by Gasteiger charge is -2.25. The third-order valence-electron chi connectivity index (χ3n) is 4.22. The summed E-state index contributed by atoms with van der Waals surface area (Å²) in [6.45, 7) is 4.65. The molecule has 0 aliphatic heterocycles. The third kappa shape index (κ3) is 3.31. The van der Waals surface area contributed by atoms with E-state index in [1.165, 1.54) is 6.42 Å². The van der Waals surface area contributed by atoms with E-state index in [-0.39, 0.29) is 18.1 Å².